The first-order valence-corrected chi connectivity index (χ1v) is 8.54. The third-order valence-electron chi connectivity index (χ3n) is 4.76. The second-order valence-electron chi connectivity index (χ2n) is 6.56. The number of aromatic nitrogens is 2. The molecule has 1 amide bonds. The van der Waals surface area contributed by atoms with Crippen molar-refractivity contribution in [3.63, 3.8) is 0 Å². The standard InChI is InChI=1S/C19H25N3O3/c1-11-9-15-17(13(3)25-11)21-22(4)18(15)19(23)20-10-14-7-6-8-16(24-5)12(14)2/h6-8,11,13H,9-10H2,1-5H3,(H,20,23)/t11-,13+/m1/s1. The zero-order valence-corrected chi connectivity index (χ0v) is 15.4. The van der Waals surface area contributed by atoms with Gasteiger partial charge in [0.2, 0.25) is 0 Å². The maximum Gasteiger partial charge on any atom is 0.270 e. The van der Waals surface area contributed by atoms with Crippen molar-refractivity contribution in [1.29, 1.82) is 0 Å². The third-order valence-corrected chi connectivity index (χ3v) is 4.76. The molecule has 0 fully saturated rings. The van der Waals surface area contributed by atoms with Crippen LogP contribution in [-0.2, 0) is 24.8 Å². The van der Waals surface area contributed by atoms with Crippen LogP contribution in [0.5, 0.6) is 5.75 Å². The Labute approximate surface area is 148 Å². The minimum Gasteiger partial charge on any atom is -0.496 e. The normalized spacial score (nSPS) is 19.4. The SMILES string of the molecule is COc1cccc(CNC(=O)c2c3c(nn2C)[C@H](C)O[C@H](C)C3)c1C. The number of nitrogens with zero attached hydrogens (tertiary/aromatic N) is 2. The van der Waals surface area contributed by atoms with E-state index < -0.39 is 0 Å². The van der Waals surface area contributed by atoms with E-state index in [1.807, 2.05) is 39.0 Å². The molecular weight excluding hydrogens is 318 g/mol. The van der Waals surface area contributed by atoms with Crippen LogP contribution < -0.4 is 10.1 Å². The molecule has 3 rings (SSSR count). The van der Waals surface area contributed by atoms with Crippen LogP contribution in [0, 0.1) is 6.92 Å². The Morgan fingerprint density at radius 1 is 1.44 bits per heavy atom. The van der Waals surface area contributed by atoms with Gasteiger partial charge >= 0.3 is 0 Å². The molecule has 134 valence electrons. The van der Waals surface area contributed by atoms with Gasteiger partial charge in [0.25, 0.3) is 5.91 Å². The first-order valence-electron chi connectivity index (χ1n) is 8.54. The Kier molecular flexibility index (Phi) is 4.81. The highest BCUT2D eigenvalue weighted by atomic mass is 16.5. The minimum absolute atomic E-state index is 0.0823. The highest BCUT2D eigenvalue weighted by Gasteiger charge is 2.31. The summed E-state index contributed by atoms with van der Waals surface area (Å²) in [5.41, 5.74) is 4.55. The van der Waals surface area contributed by atoms with Crippen molar-refractivity contribution in [3.05, 3.63) is 46.3 Å². The molecule has 1 aliphatic rings. The van der Waals surface area contributed by atoms with Crippen molar-refractivity contribution in [3.8, 4) is 5.75 Å². The minimum atomic E-state index is -0.111. The van der Waals surface area contributed by atoms with Gasteiger partial charge < -0.3 is 14.8 Å². The lowest BCUT2D eigenvalue weighted by Crippen LogP contribution is -2.28. The van der Waals surface area contributed by atoms with E-state index in [0.717, 1.165) is 28.1 Å². The molecule has 25 heavy (non-hydrogen) atoms. The van der Waals surface area contributed by atoms with Crippen molar-refractivity contribution < 1.29 is 14.3 Å². The Morgan fingerprint density at radius 3 is 2.92 bits per heavy atom. The Bertz CT molecular complexity index is 797. The molecule has 6 nitrogen and oxygen atoms in total. The lowest BCUT2D eigenvalue weighted by atomic mass is 9.99. The molecule has 0 bridgehead atoms. The molecule has 0 saturated carbocycles. The van der Waals surface area contributed by atoms with Crippen LogP contribution in [0.3, 0.4) is 0 Å². The van der Waals surface area contributed by atoms with E-state index in [1.165, 1.54) is 0 Å². The summed E-state index contributed by atoms with van der Waals surface area (Å²) in [7, 11) is 3.46. The van der Waals surface area contributed by atoms with Crippen LogP contribution in [0.25, 0.3) is 0 Å². The average molecular weight is 343 g/mol. The summed E-state index contributed by atoms with van der Waals surface area (Å²) >= 11 is 0. The maximum atomic E-state index is 12.8. The van der Waals surface area contributed by atoms with Crippen molar-refractivity contribution in [2.75, 3.05) is 7.11 Å². The molecule has 2 heterocycles. The van der Waals surface area contributed by atoms with E-state index in [-0.39, 0.29) is 18.1 Å². The number of ether oxygens (including phenoxy) is 2. The Balaban J connectivity index is 1.81. The van der Waals surface area contributed by atoms with Gasteiger partial charge in [-0.15, -0.1) is 0 Å². The van der Waals surface area contributed by atoms with Gasteiger partial charge in [-0.05, 0) is 38.0 Å². The zero-order valence-electron chi connectivity index (χ0n) is 15.4. The molecule has 6 heteroatoms. The quantitative estimate of drug-likeness (QED) is 0.927. The third kappa shape index (κ3) is 3.26. The van der Waals surface area contributed by atoms with Crippen molar-refractivity contribution in [2.24, 2.45) is 7.05 Å². The van der Waals surface area contributed by atoms with Crippen LogP contribution in [0.1, 0.15) is 52.8 Å². The zero-order chi connectivity index (χ0) is 18.1. The molecule has 2 aromatic rings. The number of fused-ring (bicyclic) bond motifs is 1. The van der Waals surface area contributed by atoms with E-state index in [4.69, 9.17) is 9.47 Å². The van der Waals surface area contributed by atoms with E-state index in [0.29, 0.717) is 18.7 Å². The fraction of sp³-hybridized carbons (Fsp3) is 0.474. The largest absolute Gasteiger partial charge is 0.496 e. The second-order valence-corrected chi connectivity index (χ2v) is 6.56. The number of rotatable bonds is 4. The average Bonchev–Trinajstić information content (AvgIpc) is 2.90. The van der Waals surface area contributed by atoms with Crippen molar-refractivity contribution in [1.82, 2.24) is 15.1 Å². The van der Waals surface area contributed by atoms with Gasteiger partial charge in [0.05, 0.1) is 25.0 Å². The number of aryl methyl sites for hydroxylation is 1. The number of nitrogens with one attached hydrogen (secondary N) is 1. The number of carbonyl (C=O) groups excluding carboxylic acids is 1. The van der Waals surface area contributed by atoms with Gasteiger partial charge in [0, 0.05) is 25.6 Å². The molecule has 1 aliphatic heterocycles. The maximum absolute atomic E-state index is 12.8. The van der Waals surface area contributed by atoms with Gasteiger partial charge in [0.1, 0.15) is 11.4 Å². The summed E-state index contributed by atoms with van der Waals surface area (Å²) in [5.74, 6) is 0.712. The van der Waals surface area contributed by atoms with Crippen LogP contribution in [-0.4, -0.2) is 28.9 Å². The summed E-state index contributed by atoms with van der Waals surface area (Å²) in [6.07, 6.45) is 0.695. The van der Waals surface area contributed by atoms with Gasteiger partial charge in [0.15, 0.2) is 0 Å². The Hall–Kier alpha value is -2.34. The van der Waals surface area contributed by atoms with Crippen LogP contribution >= 0.6 is 0 Å². The molecule has 0 spiro atoms. The fourth-order valence-corrected chi connectivity index (χ4v) is 3.48. The monoisotopic (exact) mass is 343 g/mol. The molecule has 0 unspecified atom stereocenters. The number of carbonyl (C=O) groups is 1. The second kappa shape index (κ2) is 6.88. The van der Waals surface area contributed by atoms with Gasteiger partial charge in [-0.2, -0.15) is 5.10 Å². The fourth-order valence-electron chi connectivity index (χ4n) is 3.48. The van der Waals surface area contributed by atoms with Crippen molar-refractivity contribution >= 4 is 5.91 Å². The number of methoxy groups -OCH3 is 1. The summed E-state index contributed by atoms with van der Waals surface area (Å²) in [6, 6.07) is 5.84. The van der Waals surface area contributed by atoms with E-state index in [2.05, 4.69) is 10.4 Å². The predicted molar refractivity (Wildman–Crippen MR) is 94.8 cm³/mol. The lowest BCUT2D eigenvalue weighted by Gasteiger charge is -2.24. The number of hydrogen-bond acceptors (Lipinski definition) is 4. The first-order chi connectivity index (χ1) is 11.9. The van der Waals surface area contributed by atoms with Crippen LogP contribution in [0.4, 0.5) is 0 Å². The topological polar surface area (TPSA) is 65.4 Å². The molecule has 2 atom stereocenters. The smallest absolute Gasteiger partial charge is 0.270 e. The predicted octanol–water partition coefficient (Wildman–Crippen LogP) is 2.69. The summed E-state index contributed by atoms with van der Waals surface area (Å²) in [5, 5.41) is 7.52. The van der Waals surface area contributed by atoms with E-state index in [9.17, 15) is 4.79 Å². The van der Waals surface area contributed by atoms with Gasteiger partial charge in [-0.25, -0.2) is 0 Å². The van der Waals surface area contributed by atoms with E-state index >= 15 is 0 Å². The summed E-state index contributed by atoms with van der Waals surface area (Å²) < 4.78 is 12.8. The molecule has 0 aliphatic carbocycles. The first kappa shape index (κ1) is 17.5. The molecule has 0 saturated heterocycles. The molecule has 1 N–H and O–H groups in total. The number of hydrogen-bond donors (Lipinski definition) is 1. The molecule has 1 aromatic heterocycles. The molecule has 0 radical (unpaired) electrons. The van der Waals surface area contributed by atoms with E-state index in [1.54, 1.807) is 18.8 Å². The van der Waals surface area contributed by atoms with Crippen molar-refractivity contribution in [2.45, 2.75) is 45.9 Å². The molecular formula is C19H25N3O3. The van der Waals surface area contributed by atoms with Crippen LogP contribution in [0.15, 0.2) is 18.2 Å². The Morgan fingerprint density at radius 2 is 2.20 bits per heavy atom. The molecule has 1 aromatic carbocycles. The highest BCUT2D eigenvalue weighted by molar-refractivity contribution is 5.94. The lowest BCUT2D eigenvalue weighted by molar-refractivity contribution is -0.00710. The number of benzene rings is 1. The summed E-state index contributed by atoms with van der Waals surface area (Å²) in [4.78, 5) is 12.8. The van der Waals surface area contributed by atoms with Gasteiger partial charge in [-0.1, -0.05) is 12.1 Å². The summed E-state index contributed by atoms with van der Waals surface area (Å²) in [6.45, 7) is 6.44. The van der Waals surface area contributed by atoms with Gasteiger partial charge in [-0.3, -0.25) is 9.48 Å². The number of amides is 1. The van der Waals surface area contributed by atoms with Crippen LogP contribution in [0.2, 0.25) is 0 Å². The highest BCUT2D eigenvalue weighted by Crippen LogP contribution is 2.31.